The van der Waals surface area contributed by atoms with Gasteiger partial charge in [-0.05, 0) is 67.9 Å². The number of amides is 3. The molecule has 3 rings (SSSR count). The third-order valence-corrected chi connectivity index (χ3v) is 5.43. The van der Waals surface area contributed by atoms with Gasteiger partial charge in [0, 0.05) is 41.3 Å². The summed E-state index contributed by atoms with van der Waals surface area (Å²) in [5.74, 6) is -0.538. The van der Waals surface area contributed by atoms with Gasteiger partial charge in [-0.25, -0.2) is 0 Å². The average Bonchev–Trinajstić information content (AvgIpc) is 2.87. The van der Waals surface area contributed by atoms with Crippen LogP contribution >= 0.6 is 0 Å². The Kier molecular flexibility index (Phi) is 8.40. The second kappa shape index (κ2) is 11.7. The predicted molar refractivity (Wildman–Crippen MR) is 136 cm³/mol. The van der Waals surface area contributed by atoms with E-state index in [0.29, 0.717) is 16.8 Å². The summed E-state index contributed by atoms with van der Waals surface area (Å²) in [6.45, 7) is 4.01. The number of hydrogen-bond donors (Lipinski definition) is 3. The first-order valence-electron chi connectivity index (χ1n) is 11.2. The van der Waals surface area contributed by atoms with Crippen molar-refractivity contribution in [2.24, 2.45) is 0 Å². The van der Waals surface area contributed by atoms with Crippen LogP contribution in [0, 0.1) is 0 Å². The zero-order chi connectivity index (χ0) is 24.5. The number of nitrogens with one attached hydrogen (secondary N) is 3. The minimum atomic E-state index is -0.250. The van der Waals surface area contributed by atoms with E-state index in [0.717, 1.165) is 17.8 Å². The summed E-state index contributed by atoms with van der Waals surface area (Å²) in [6, 6.07) is 23.3. The lowest BCUT2D eigenvalue weighted by Crippen LogP contribution is -2.31. The Balaban J connectivity index is 1.54. The summed E-state index contributed by atoms with van der Waals surface area (Å²) in [7, 11) is 1.71. The Morgan fingerprint density at radius 1 is 0.853 bits per heavy atom. The molecule has 0 aliphatic heterocycles. The smallest absolute Gasteiger partial charge is 0.258 e. The highest BCUT2D eigenvalue weighted by molar-refractivity contribution is 6.06. The molecule has 0 heterocycles. The van der Waals surface area contributed by atoms with Crippen molar-refractivity contribution < 1.29 is 14.4 Å². The zero-order valence-corrected chi connectivity index (χ0v) is 19.7. The molecule has 0 saturated heterocycles. The van der Waals surface area contributed by atoms with Crippen LogP contribution in [0.4, 0.5) is 17.1 Å². The van der Waals surface area contributed by atoms with Crippen molar-refractivity contribution in [1.29, 1.82) is 0 Å². The first-order valence-corrected chi connectivity index (χ1v) is 11.2. The van der Waals surface area contributed by atoms with E-state index in [2.05, 4.69) is 16.0 Å². The lowest BCUT2D eigenvalue weighted by molar-refractivity contribution is -0.114. The number of anilines is 3. The molecule has 0 aliphatic rings. The fourth-order valence-corrected chi connectivity index (χ4v) is 3.23. The van der Waals surface area contributed by atoms with Crippen LogP contribution in [-0.2, 0) is 4.79 Å². The van der Waals surface area contributed by atoms with E-state index in [1.165, 1.54) is 0 Å². The Morgan fingerprint density at radius 3 is 2.24 bits per heavy atom. The predicted octanol–water partition coefficient (Wildman–Crippen LogP) is 4.54. The van der Waals surface area contributed by atoms with E-state index in [-0.39, 0.29) is 30.3 Å². The molecule has 0 bridgehead atoms. The number of rotatable bonds is 9. The van der Waals surface area contributed by atoms with Crippen LogP contribution in [0.15, 0.2) is 78.9 Å². The standard InChI is InChI=1S/C27H30N4O3/c1-4-19(2)29-26(33)20-13-15-22(16-14-20)28-18-25(32)30-23-10-8-9-21(17-23)27(34)31(3)24-11-6-5-7-12-24/h5-17,19,28H,4,18H2,1-3H3,(H,29,33)(H,30,32). The van der Waals surface area contributed by atoms with Crippen molar-refractivity contribution in [3.63, 3.8) is 0 Å². The number of benzene rings is 3. The van der Waals surface area contributed by atoms with Gasteiger partial charge in [0.25, 0.3) is 11.8 Å². The average molecular weight is 459 g/mol. The second-order valence-corrected chi connectivity index (χ2v) is 8.04. The van der Waals surface area contributed by atoms with Crippen LogP contribution in [-0.4, -0.2) is 37.4 Å². The lowest BCUT2D eigenvalue weighted by atomic mass is 10.1. The molecule has 176 valence electrons. The molecule has 3 aromatic carbocycles. The van der Waals surface area contributed by atoms with Crippen molar-refractivity contribution in [2.45, 2.75) is 26.3 Å². The van der Waals surface area contributed by atoms with Gasteiger partial charge in [-0.3, -0.25) is 14.4 Å². The molecule has 3 amide bonds. The van der Waals surface area contributed by atoms with Crippen molar-refractivity contribution in [1.82, 2.24) is 5.32 Å². The van der Waals surface area contributed by atoms with Gasteiger partial charge in [0.05, 0.1) is 6.54 Å². The summed E-state index contributed by atoms with van der Waals surface area (Å²) in [5.41, 5.74) is 3.09. The minimum absolute atomic E-state index is 0.0422. The van der Waals surface area contributed by atoms with Crippen LogP contribution in [0.2, 0.25) is 0 Å². The summed E-state index contributed by atoms with van der Waals surface area (Å²) in [6.07, 6.45) is 0.862. The van der Waals surface area contributed by atoms with Gasteiger partial charge in [0.2, 0.25) is 5.91 Å². The van der Waals surface area contributed by atoms with Crippen LogP contribution < -0.4 is 20.9 Å². The van der Waals surface area contributed by atoms with Crippen molar-refractivity contribution >= 4 is 34.8 Å². The Morgan fingerprint density at radius 2 is 1.56 bits per heavy atom. The molecule has 0 fully saturated rings. The molecule has 1 atom stereocenters. The molecule has 0 aliphatic carbocycles. The fraction of sp³-hybridized carbons (Fsp3) is 0.222. The van der Waals surface area contributed by atoms with Gasteiger partial charge in [-0.1, -0.05) is 31.2 Å². The Labute approximate surface area is 200 Å². The monoisotopic (exact) mass is 458 g/mol. The summed E-state index contributed by atoms with van der Waals surface area (Å²) in [4.78, 5) is 39.0. The first-order chi connectivity index (χ1) is 16.4. The highest BCUT2D eigenvalue weighted by Crippen LogP contribution is 2.17. The van der Waals surface area contributed by atoms with Crippen LogP contribution in [0.25, 0.3) is 0 Å². The maximum absolute atomic E-state index is 12.8. The summed E-state index contributed by atoms with van der Waals surface area (Å²) in [5, 5.41) is 8.77. The molecule has 0 spiro atoms. The fourth-order valence-electron chi connectivity index (χ4n) is 3.23. The maximum atomic E-state index is 12.8. The largest absolute Gasteiger partial charge is 0.376 e. The van der Waals surface area contributed by atoms with Gasteiger partial charge in [-0.15, -0.1) is 0 Å². The van der Waals surface area contributed by atoms with Gasteiger partial charge in [-0.2, -0.15) is 0 Å². The second-order valence-electron chi connectivity index (χ2n) is 8.04. The van der Waals surface area contributed by atoms with Gasteiger partial charge in [0.1, 0.15) is 0 Å². The van der Waals surface area contributed by atoms with Crippen LogP contribution in [0.5, 0.6) is 0 Å². The third kappa shape index (κ3) is 6.68. The van der Waals surface area contributed by atoms with Gasteiger partial charge in [0.15, 0.2) is 0 Å². The van der Waals surface area contributed by atoms with E-state index in [4.69, 9.17) is 0 Å². The number of carbonyl (C=O) groups excluding carboxylic acids is 3. The van der Waals surface area contributed by atoms with Crippen molar-refractivity contribution in [3.8, 4) is 0 Å². The Bertz CT molecular complexity index is 1130. The topological polar surface area (TPSA) is 90.5 Å². The van der Waals surface area contributed by atoms with E-state index in [9.17, 15) is 14.4 Å². The molecule has 1 unspecified atom stereocenters. The molecule has 7 heteroatoms. The van der Waals surface area contributed by atoms with E-state index >= 15 is 0 Å². The quantitative estimate of drug-likeness (QED) is 0.439. The first kappa shape index (κ1) is 24.5. The SMILES string of the molecule is CCC(C)NC(=O)c1ccc(NCC(=O)Nc2cccc(C(=O)N(C)c3ccccc3)c2)cc1. The van der Waals surface area contributed by atoms with E-state index < -0.39 is 0 Å². The molecule has 3 N–H and O–H groups in total. The molecular formula is C27H30N4O3. The summed E-state index contributed by atoms with van der Waals surface area (Å²) >= 11 is 0. The van der Waals surface area contributed by atoms with Crippen LogP contribution in [0.3, 0.4) is 0 Å². The highest BCUT2D eigenvalue weighted by atomic mass is 16.2. The Hall–Kier alpha value is -4.13. The zero-order valence-electron chi connectivity index (χ0n) is 19.7. The maximum Gasteiger partial charge on any atom is 0.258 e. The van der Waals surface area contributed by atoms with Crippen molar-refractivity contribution in [3.05, 3.63) is 90.0 Å². The van der Waals surface area contributed by atoms with E-state index in [1.807, 2.05) is 44.2 Å². The van der Waals surface area contributed by atoms with Crippen LogP contribution in [0.1, 0.15) is 41.0 Å². The lowest BCUT2D eigenvalue weighted by Gasteiger charge is -2.17. The number of nitrogens with zero attached hydrogens (tertiary/aromatic N) is 1. The number of hydrogen-bond acceptors (Lipinski definition) is 4. The molecule has 0 radical (unpaired) electrons. The number of carbonyl (C=O) groups is 3. The third-order valence-electron chi connectivity index (χ3n) is 5.43. The normalized spacial score (nSPS) is 11.3. The molecular weight excluding hydrogens is 428 g/mol. The van der Waals surface area contributed by atoms with Gasteiger partial charge >= 0.3 is 0 Å². The highest BCUT2D eigenvalue weighted by Gasteiger charge is 2.14. The number of para-hydroxylation sites is 1. The minimum Gasteiger partial charge on any atom is -0.376 e. The molecule has 7 nitrogen and oxygen atoms in total. The summed E-state index contributed by atoms with van der Waals surface area (Å²) < 4.78 is 0. The molecule has 0 aromatic heterocycles. The van der Waals surface area contributed by atoms with Crippen molar-refractivity contribution in [2.75, 3.05) is 29.1 Å². The molecule has 34 heavy (non-hydrogen) atoms. The molecule has 0 saturated carbocycles. The van der Waals surface area contributed by atoms with Gasteiger partial charge < -0.3 is 20.9 Å². The van der Waals surface area contributed by atoms with E-state index in [1.54, 1.807) is 60.5 Å². The molecule has 3 aromatic rings.